The molecule has 0 saturated heterocycles. The van der Waals surface area contributed by atoms with Crippen LogP contribution in [0.2, 0.25) is 0 Å². The predicted octanol–water partition coefficient (Wildman–Crippen LogP) is 1.68. The van der Waals surface area contributed by atoms with Crippen LogP contribution in [0.1, 0.15) is 10.9 Å². The number of rotatable bonds is 5. The number of hydrogen-bond acceptors (Lipinski definition) is 3. The predicted molar refractivity (Wildman–Crippen MR) is 73.4 cm³/mol. The SMILES string of the molecule is Cn1nccc1S(=O)(=O)NCC(Cl)c1ccccc1. The van der Waals surface area contributed by atoms with Gasteiger partial charge in [0.25, 0.3) is 10.0 Å². The summed E-state index contributed by atoms with van der Waals surface area (Å²) in [6, 6.07) is 10.8. The van der Waals surface area contributed by atoms with Crippen molar-refractivity contribution in [2.45, 2.75) is 10.4 Å². The molecule has 0 aliphatic rings. The van der Waals surface area contributed by atoms with E-state index in [1.807, 2.05) is 30.3 Å². The summed E-state index contributed by atoms with van der Waals surface area (Å²) >= 11 is 6.16. The molecule has 0 bridgehead atoms. The minimum absolute atomic E-state index is 0.115. The Balaban J connectivity index is 2.05. The molecule has 0 spiro atoms. The molecule has 5 nitrogen and oxygen atoms in total. The van der Waals surface area contributed by atoms with Crippen LogP contribution in [0, 0.1) is 0 Å². The molecule has 1 heterocycles. The lowest BCUT2D eigenvalue weighted by Gasteiger charge is -2.11. The van der Waals surface area contributed by atoms with Gasteiger partial charge in [-0.15, -0.1) is 11.6 Å². The maximum Gasteiger partial charge on any atom is 0.257 e. The molecule has 1 unspecified atom stereocenters. The molecular weight excluding hydrogens is 286 g/mol. The number of aryl methyl sites for hydroxylation is 1. The molecule has 102 valence electrons. The first-order valence-corrected chi connectivity index (χ1v) is 7.59. The molecule has 1 aromatic carbocycles. The Bertz CT molecular complexity index is 640. The van der Waals surface area contributed by atoms with Crippen LogP contribution in [0.15, 0.2) is 47.6 Å². The van der Waals surface area contributed by atoms with E-state index in [1.165, 1.54) is 16.9 Å². The Morgan fingerprint density at radius 1 is 1.32 bits per heavy atom. The third-order valence-corrected chi connectivity index (χ3v) is 4.57. The van der Waals surface area contributed by atoms with Gasteiger partial charge in [-0.3, -0.25) is 4.68 Å². The van der Waals surface area contributed by atoms with Crippen LogP contribution in [-0.2, 0) is 17.1 Å². The van der Waals surface area contributed by atoms with Crippen molar-refractivity contribution < 1.29 is 8.42 Å². The number of sulfonamides is 1. The van der Waals surface area contributed by atoms with Gasteiger partial charge in [0.15, 0.2) is 5.03 Å². The number of hydrogen-bond donors (Lipinski definition) is 1. The number of nitrogens with one attached hydrogen (secondary N) is 1. The van der Waals surface area contributed by atoms with Crippen molar-refractivity contribution in [1.82, 2.24) is 14.5 Å². The van der Waals surface area contributed by atoms with E-state index in [0.717, 1.165) is 5.56 Å². The summed E-state index contributed by atoms with van der Waals surface area (Å²) in [5.41, 5.74) is 0.872. The van der Waals surface area contributed by atoms with Crippen LogP contribution in [-0.4, -0.2) is 24.7 Å². The van der Waals surface area contributed by atoms with Gasteiger partial charge in [-0.25, -0.2) is 13.1 Å². The van der Waals surface area contributed by atoms with Gasteiger partial charge >= 0.3 is 0 Å². The molecule has 7 heteroatoms. The summed E-state index contributed by atoms with van der Waals surface area (Å²) in [4.78, 5) is 0. The second-order valence-corrected chi connectivity index (χ2v) is 6.26. The topological polar surface area (TPSA) is 64.0 Å². The van der Waals surface area contributed by atoms with Gasteiger partial charge in [0.2, 0.25) is 0 Å². The Kier molecular flexibility index (Phi) is 4.24. The van der Waals surface area contributed by atoms with Crippen LogP contribution in [0.4, 0.5) is 0 Å². The first-order valence-electron chi connectivity index (χ1n) is 5.67. The van der Waals surface area contributed by atoms with Gasteiger partial charge in [-0.2, -0.15) is 5.10 Å². The maximum atomic E-state index is 12.0. The molecule has 1 aromatic heterocycles. The third-order valence-electron chi connectivity index (χ3n) is 2.67. The van der Waals surface area contributed by atoms with Crippen molar-refractivity contribution in [2.75, 3.05) is 6.54 Å². The van der Waals surface area contributed by atoms with E-state index in [0.29, 0.717) is 0 Å². The first-order chi connectivity index (χ1) is 9.00. The molecule has 2 rings (SSSR count). The minimum atomic E-state index is -3.58. The molecule has 0 fully saturated rings. The number of alkyl halides is 1. The Morgan fingerprint density at radius 3 is 2.58 bits per heavy atom. The van der Waals surface area contributed by atoms with E-state index in [-0.39, 0.29) is 11.6 Å². The van der Waals surface area contributed by atoms with E-state index in [1.54, 1.807) is 7.05 Å². The van der Waals surface area contributed by atoms with Crippen molar-refractivity contribution in [3.8, 4) is 0 Å². The van der Waals surface area contributed by atoms with E-state index < -0.39 is 15.4 Å². The Hall–Kier alpha value is -1.37. The van der Waals surface area contributed by atoms with Gasteiger partial charge in [0.05, 0.1) is 11.6 Å². The zero-order valence-electron chi connectivity index (χ0n) is 10.3. The maximum absolute atomic E-state index is 12.0. The molecule has 0 radical (unpaired) electrons. The van der Waals surface area contributed by atoms with Crippen molar-refractivity contribution in [3.05, 3.63) is 48.2 Å². The van der Waals surface area contributed by atoms with E-state index in [4.69, 9.17) is 11.6 Å². The molecule has 0 aliphatic carbocycles. The lowest BCUT2D eigenvalue weighted by Crippen LogP contribution is -2.28. The van der Waals surface area contributed by atoms with Crippen LogP contribution in [0.5, 0.6) is 0 Å². The number of nitrogens with zero attached hydrogens (tertiary/aromatic N) is 2. The van der Waals surface area contributed by atoms with Crippen molar-refractivity contribution in [3.63, 3.8) is 0 Å². The lowest BCUT2D eigenvalue weighted by molar-refractivity contribution is 0.562. The van der Waals surface area contributed by atoms with E-state index >= 15 is 0 Å². The highest BCUT2D eigenvalue weighted by molar-refractivity contribution is 7.89. The first kappa shape index (κ1) is 14.0. The number of aromatic nitrogens is 2. The van der Waals surface area contributed by atoms with Crippen LogP contribution < -0.4 is 4.72 Å². The highest BCUT2D eigenvalue weighted by Gasteiger charge is 2.19. The summed E-state index contributed by atoms with van der Waals surface area (Å²) in [7, 11) is -2.01. The van der Waals surface area contributed by atoms with Crippen LogP contribution >= 0.6 is 11.6 Å². The minimum Gasteiger partial charge on any atom is -0.256 e. The van der Waals surface area contributed by atoms with Crippen molar-refractivity contribution in [1.29, 1.82) is 0 Å². The molecule has 0 amide bonds. The highest BCUT2D eigenvalue weighted by atomic mass is 35.5. The van der Waals surface area contributed by atoms with Crippen molar-refractivity contribution >= 4 is 21.6 Å². The van der Waals surface area contributed by atoms with Crippen LogP contribution in [0.25, 0.3) is 0 Å². The van der Waals surface area contributed by atoms with Crippen molar-refractivity contribution in [2.24, 2.45) is 7.05 Å². The lowest BCUT2D eigenvalue weighted by atomic mass is 10.1. The quantitative estimate of drug-likeness (QED) is 0.854. The standard InChI is InChI=1S/C12H14ClN3O2S/c1-16-12(7-8-14-16)19(17,18)15-9-11(13)10-5-3-2-4-6-10/h2-8,11,15H,9H2,1H3. The van der Waals surface area contributed by atoms with Crippen LogP contribution in [0.3, 0.4) is 0 Å². The summed E-state index contributed by atoms with van der Waals surface area (Å²) in [5.74, 6) is 0. The number of halogens is 1. The second kappa shape index (κ2) is 5.73. The molecule has 0 saturated carbocycles. The fourth-order valence-electron chi connectivity index (χ4n) is 1.66. The van der Waals surface area contributed by atoms with E-state index in [9.17, 15) is 8.42 Å². The summed E-state index contributed by atoms with van der Waals surface area (Å²) in [6.07, 6.45) is 1.43. The second-order valence-electron chi connectivity index (χ2n) is 4.02. The smallest absolute Gasteiger partial charge is 0.256 e. The van der Waals surface area contributed by atoms with Gasteiger partial charge in [0, 0.05) is 13.6 Å². The van der Waals surface area contributed by atoms with Gasteiger partial charge in [-0.1, -0.05) is 30.3 Å². The summed E-state index contributed by atoms with van der Waals surface area (Å²) in [5, 5.41) is 3.54. The average molecular weight is 300 g/mol. The number of benzene rings is 1. The molecular formula is C12H14ClN3O2S. The Labute approximate surface area is 117 Å². The molecule has 2 aromatic rings. The Morgan fingerprint density at radius 2 is 2.00 bits per heavy atom. The zero-order valence-corrected chi connectivity index (χ0v) is 11.9. The fourth-order valence-corrected chi connectivity index (χ4v) is 3.14. The monoisotopic (exact) mass is 299 g/mol. The van der Waals surface area contributed by atoms with Gasteiger partial charge in [-0.05, 0) is 11.6 Å². The fraction of sp³-hybridized carbons (Fsp3) is 0.250. The molecule has 19 heavy (non-hydrogen) atoms. The highest BCUT2D eigenvalue weighted by Crippen LogP contribution is 2.19. The molecule has 0 aliphatic heterocycles. The summed E-state index contributed by atoms with van der Waals surface area (Å²) in [6.45, 7) is 0.124. The largest absolute Gasteiger partial charge is 0.257 e. The van der Waals surface area contributed by atoms with Gasteiger partial charge in [0.1, 0.15) is 0 Å². The average Bonchev–Trinajstić information content (AvgIpc) is 2.84. The normalized spacial score (nSPS) is 13.4. The third kappa shape index (κ3) is 3.34. The zero-order chi connectivity index (χ0) is 13.9. The van der Waals surface area contributed by atoms with Gasteiger partial charge < -0.3 is 0 Å². The summed E-state index contributed by atoms with van der Waals surface area (Å²) < 4.78 is 27.8. The van der Waals surface area contributed by atoms with E-state index in [2.05, 4.69) is 9.82 Å². The molecule has 1 atom stereocenters. The molecule has 1 N–H and O–H groups in total.